The molecule has 29 heavy (non-hydrogen) atoms. The van der Waals surface area contributed by atoms with Gasteiger partial charge in [-0.25, -0.2) is 4.79 Å². The fourth-order valence-electron chi connectivity index (χ4n) is 3.10. The van der Waals surface area contributed by atoms with Crippen molar-refractivity contribution >= 4 is 29.6 Å². The standard InChI is InChI=1S/C22H23NO5S/c1-27-22(26)17-7-5-15(6-8-17)12-23-20(24)13-28-21(25)14-29-19-10-9-16-3-2-4-18(16)11-19/h5-11H,2-4,12-14H2,1H3,(H,23,24). The lowest BCUT2D eigenvalue weighted by molar-refractivity contribution is -0.145. The molecule has 0 atom stereocenters. The SMILES string of the molecule is COC(=O)c1ccc(CNC(=O)COC(=O)CSc2ccc3c(c2)CCC3)cc1. The van der Waals surface area contributed by atoms with Gasteiger partial charge in [0, 0.05) is 11.4 Å². The number of benzene rings is 2. The van der Waals surface area contributed by atoms with Crippen LogP contribution in [0.1, 0.15) is 33.5 Å². The highest BCUT2D eigenvalue weighted by atomic mass is 32.2. The largest absolute Gasteiger partial charge is 0.465 e. The van der Waals surface area contributed by atoms with Gasteiger partial charge in [-0.15, -0.1) is 11.8 Å². The Morgan fingerprint density at radius 2 is 1.79 bits per heavy atom. The van der Waals surface area contributed by atoms with E-state index in [2.05, 4.69) is 22.2 Å². The molecule has 0 bridgehead atoms. The van der Waals surface area contributed by atoms with Crippen LogP contribution in [0.4, 0.5) is 0 Å². The molecule has 3 rings (SSSR count). The van der Waals surface area contributed by atoms with Crippen molar-refractivity contribution in [3.8, 4) is 0 Å². The third-order valence-corrected chi connectivity index (χ3v) is 5.62. The van der Waals surface area contributed by atoms with Crippen molar-refractivity contribution in [2.24, 2.45) is 0 Å². The van der Waals surface area contributed by atoms with Crippen molar-refractivity contribution in [3.63, 3.8) is 0 Å². The maximum atomic E-state index is 11.9. The van der Waals surface area contributed by atoms with Crippen LogP contribution in [-0.2, 0) is 38.4 Å². The topological polar surface area (TPSA) is 81.7 Å². The van der Waals surface area contributed by atoms with Gasteiger partial charge >= 0.3 is 11.9 Å². The summed E-state index contributed by atoms with van der Waals surface area (Å²) in [6.07, 6.45) is 3.42. The van der Waals surface area contributed by atoms with Crippen LogP contribution in [0.15, 0.2) is 47.4 Å². The Morgan fingerprint density at radius 1 is 1.03 bits per heavy atom. The predicted octanol–water partition coefficient (Wildman–Crippen LogP) is 2.91. The molecule has 0 aromatic heterocycles. The normalized spacial score (nSPS) is 12.2. The number of hydrogen-bond donors (Lipinski definition) is 1. The molecule has 1 N–H and O–H groups in total. The number of thioether (sulfide) groups is 1. The van der Waals surface area contributed by atoms with Crippen molar-refractivity contribution in [1.82, 2.24) is 5.32 Å². The molecule has 7 heteroatoms. The van der Waals surface area contributed by atoms with Gasteiger partial charge in [-0.2, -0.15) is 0 Å². The second-order valence-electron chi connectivity index (χ2n) is 6.70. The van der Waals surface area contributed by atoms with E-state index in [9.17, 15) is 14.4 Å². The summed E-state index contributed by atoms with van der Waals surface area (Å²) < 4.78 is 9.68. The van der Waals surface area contributed by atoms with E-state index in [1.165, 1.54) is 36.4 Å². The molecule has 0 fully saturated rings. The first-order valence-corrected chi connectivity index (χ1v) is 10.4. The summed E-state index contributed by atoms with van der Waals surface area (Å²) in [5, 5.41) is 2.68. The van der Waals surface area contributed by atoms with E-state index in [4.69, 9.17) is 4.74 Å². The number of carbonyl (C=O) groups is 3. The third kappa shape index (κ3) is 6.09. The number of methoxy groups -OCH3 is 1. The first-order valence-electron chi connectivity index (χ1n) is 9.39. The van der Waals surface area contributed by atoms with Crippen molar-refractivity contribution in [2.45, 2.75) is 30.7 Å². The molecule has 0 saturated heterocycles. The molecule has 0 heterocycles. The van der Waals surface area contributed by atoms with Gasteiger partial charge in [0.25, 0.3) is 5.91 Å². The molecular formula is C22H23NO5S. The first kappa shape index (κ1) is 20.9. The molecule has 6 nitrogen and oxygen atoms in total. The van der Waals surface area contributed by atoms with E-state index in [-0.39, 0.29) is 24.8 Å². The molecule has 2 aromatic rings. The fourth-order valence-corrected chi connectivity index (χ4v) is 3.85. The molecule has 1 aliphatic rings. The smallest absolute Gasteiger partial charge is 0.337 e. The summed E-state index contributed by atoms with van der Waals surface area (Å²) >= 11 is 1.42. The Bertz CT molecular complexity index is 895. The summed E-state index contributed by atoms with van der Waals surface area (Å²) in [6, 6.07) is 13.0. The summed E-state index contributed by atoms with van der Waals surface area (Å²) in [5.41, 5.74) is 4.03. The lowest BCUT2D eigenvalue weighted by atomic mass is 10.1. The summed E-state index contributed by atoms with van der Waals surface area (Å²) in [6.45, 7) is -0.0362. The van der Waals surface area contributed by atoms with Crippen LogP contribution in [0.25, 0.3) is 0 Å². The number of rotatable bonds is 8. The highest BCUT2D eigenvalue weighted by molar-refractivity contribution is 8.00. The van der Waals surface area contributed by atoms with Gasteiger partial charge in [0.2, 0.25) is 0 Å². The molecule has 1 amide bonds. The van der Waals surface area contributed by atoms with Crippen LogP contribution >= 0.6 is 11.8 Å². The highest BCUT2D eigenvalue weighted by Crippen LogP contribution is 2.27. The van der Waals surface area contributed by atoms with Gasteiger partial charge in [-0.1, -0.05) is 18.2 Å². The van der Waals surface area contributed by atoms with E-state index >= 15 is 0 Å². The molecule has 152 valence electrons. The molecule has 0 radical (unpaired) electrons. The van der Waals surface area contributed by atoms with E-state index in [0.717, 1.165) is 23.3 Å². The van der Waals surface area contributed by atoms with Gasteiger partial charge in [0.05, 0.1) is 18.4 Å². The second kappa shape index (κ2) is 10.1. The number of esters is 2. The summed E-state index contributed by atoms with van der Waals surface area (Å²) in [5.74, 6) is -1.04. The number of fused-ring (bicyclic) bond motifs is 1. The average Bonchev–Trinajstić information content (AvgIpc) is 3.22. The minimum absolute atomic E-state index is 0.168. The van der Waals surface area contributed by atoms with Crippen molar-refractivity contribution in [2.75, 3.05) is 19.5 Å². The van der Waals surface area contributed by atoms with E-state index in [1.807, 2.05) is 6.07 Å². The number of hydrogen-bond acceptors (Lipinski definition) is 6. The monoisotopic (exact) mass is 413 g/mol. The summed E-state index contributed by atoms with van der Waals surface area (Å²) in [7, 11) is 1.32. The minimum atomic E-state index is -0.423. The maximum absolute atomic E-state index is 11.9. The Hall–Kier alpha value is -2.80. The van der Waals surface area contributed by atoms with Gasteiger partial charge in [0.15, 0.2) is 6.61 Å². The van der Waals surface area contributed by atoms with Crippen LogP contribution in [0.2, 0.25) is 0 Å². The molecule has 0 unspecified atom stereocenters. The van der Waals surface area contributed by atoms with E-state index < -0.39 is 11.9 Å². The van der Waals surface area contributed by atoms with Crippen LogP contribution < -0.4 is 5.32 Å². The second-order valence-corrected chi connectivity index (χ2v) is 7.75. The highest BCUT2D eigenvalue weighted by Gasteiger charge is 2.13. The number of ether oxygens (including phenoxy) is 2. The third-order valence-electron chi connectivity index (χ3n) is 4.66. The molecule has 0 saturated carbocycles. The molecule has 0 spiro atoms. The first-order chi connectivity index (χ1) is 14.0. The molecule has 2 aromatic carbocycles. The molecular weight excluding hydrogens is 390 g/mol. The lowest BCUT2D eigenvalue weighted by Gasteiger charge is -2.08. The van der Waals surface area contributed by atoms with Crippen LogP contribution in [0.3, 0.4) is 0 Å². The molecule has 1 aliphatic carbocycles. The fraction of sp³-hybridized carbons (Fsp3) is 0.318. The van der Waals surface area contributed by atoms with E-state index in [0.29, 0.717) is 5.56 Å². The number of carbonyl (C=O) groups excluding carboxylic acids is 3. The van der Waals surface area contributed by atoms with Crippen LogP contribution in [0.5, 0.6) is 0 Å². The Kier molecular flexibility index (Phi) is 7.30. The van der Waals surface area contributed by atoms with E-state index in [1.54, 1.807) is 24.3 Å². The molecule has 0 aliphatic heterocycles. The van der Waals surface area contributed by atoms with Crippen molar-refractivity contribution in [3.05, 3.63) is 64.7 Å². The maximum Gasteiger partial charge on any atom is 0.337 e. The minimum Gasteiger partial charge on any atom is -0.465 e. The number of nitrogens with one attached hydrogen (secondary N) is 1. The van der Waals surface area contributed by atoms with Crippen molar-refractivity contribution < 1.29 is 23.9 Å². The number of amides is 1. The van der Waals surface area contributed by atoms with Gasteiger partial charge in [-0.3, -0.25) is 9.59 Å². The average molecular weight is 413 g/mol. The number of aryl methyl sites for hydroxylation is 2. The Labute approximate surface area is 174 Å². The quantitative estimate of drug-likeness (QED) is 0.529. The Balaban J connectivity index is 1.35. The van der Waals surface area contributed by atoms with Gasteiger partial charge in [0.1, 0.15) is 0 Å². The van der Waals surface area contributed by atoms with Gasteiger partial charge in [-0.05, 0) is 60.2 Å². The summed E-state index contributed by atoms with van der Waals surface area (Å²) in [4.78, 5) is 36.2. The van der Waals surface area contributed by atoms with Crippen LogP contribution in [-0.4, -0.2) is 37.3 Å². The zero-order valence-corrected chi connectivity index (χ0v) is 17.1. The van der Waals surface area contributed by atoms with Crippen LogP contribution in [0, 0.1) is 0 Å². The van der Waals surface area contributed by atoms with Gasteiger partial charge < -0.3 is 14.8 Å². The Morgan fingerprint density at radius 3 is 2.55 bits per heavy atom. The van der Waals surface area contributed by atoms with Crippen molar-refractivity contribution in [1.29, 1.82) is 0 Å². The zero-order valence-electron chi connectivity index (χ0n) is 16.2. The lowest BCUT2D eigenvalue weighted by Crippen LogP contribution is -2.28. The predicted molar refractivity (Wildman–Crippen MR) is 110 cm³/mol. The zero-order chi connectivity index (χ0) is 20.6.